The van der Waals surface area contributed by atoms with E-state index in [1.807, 2.05) is 0 Å². The minimum Gasteiger partial charge on any atom is -0.462 e. The van der Waals surface area contributed by atoms with Gasteiger partial charge in [-0.25, -0.2) is 0 Å². The average molecular weight is 776 g/mol. The van der Waals surface area contributed by atoms with Gasteiger partial charge in [-0.2, -0.15) is 0 Å². The summed E-state index contributed by atoms with van der Waals surface area (Å²) in [5.41, 5.74) is 0. The summed E-state index contributed by atoms with van der Waals surface area (Å²) in [4.78, 5) is 26.0. The highest BCUT2D eigenvalue weighted by Crippen LogP contribution is 2.18. The normalized spacial score (nSPS) is 13.5. The summed E-state index contributed by atoms with van der Waals surface area (Å²) in [5, 5.41) is 23.6. The number of unbranched alkanes of at least 4 members (excludes halogenated alkanes) is 27. The van der Waals surface area contributed by atoms with Crippen molar-refractivity contribution >= 4 is 11.9 Å². The average Bonchev–Trinajstić information content (AvgIpc) is 3.18. The van der Waals surface area contributed by atoms with Crippen molar-refractivity contribution in [2.24, 2.45) is 0 Å². The molecule has 6 nitrogen and oxygen atoms in total. The zero-order chi connectivity index (χ0) is 40.3. The van der Waals surface area contributed by atoms with E-state index in [9.17, 15) is 19.8 Å². The third kappa shape index (κ3) is 39.0. The molecule has 3 unspecified atom stereocenters. The maximum Gasteiger partial charge on any atom is 0.306 e. The molecule has 0 aromatic carbocycles. The van der Waals surface area contributed by atoms with Crippen LogP contribution in [0.25, 0.3) is 0 Å². The second kappa shape index (κ2) is 43.5. The summed E-state index contributed by atoms with van der Waals surface area (Å²) >= 11 is 0. The molecular weight excluding hydrogens is 683 g/mol. The standard InChI is InChI=1S/C49H93NO5/c1-4-7-10-13-16-19-21-22-23-24-25-26-27-29-31-34-37-40-45(55-49(54)42-39-36-33-28-18-15-12-9-6-3)43-48(53)50-46(44-51)47(52)41-38-35-32-30-20-17-14-11-8-5-2/h16,19,22-23,45-47,51-52H,4-15,17-18,20-21,24-44H2,1-3H3,(H,50,53)/b19-16-,23-22-. The minimum atomic E-state index is -0.783. The van der Waals surface area contributed by atoms with Gasteiger partial charge in [-0.05, 0) is 57.8 Å². The second-order valence-electron chi connectivity index (χ2n) is 16.5. The van der Waals surface area contributed by atoms with Gasteiger partial charge in [-0.15, -0.1) is 0 Å². The van der Waals surface area contributed by atoms with Crippen LogP contribution in [0.15, 0.2) is 24.3 Å². The highest BCUT2D eigenvalue weighted by Gasteiger charge is 2.24. The van der Waals surface area contributed by atoms with E-state index in [-0.39, 0.29) is 24.9 Å². The molecule has 324 valence electrons. The lowest BCUT2D eigenvalue weighted by molar-refractivity contribution is -0.151. The quantitative estimate of drug-likeness (QED) is 0.0326. The molecule has 1 amide bonds. The Morgan fingerprint density at radius 2 is 0.927 bits per heavy atom. The van der Waals surface area contributed by atoms with Gasteiger partial charge in [-0.3, -0.25) is 9.59 Å². The molecule has 0 aromatic heterocycles. The van der Waals surface area contributed by atoms with Crippen molar-refractivity contribution in [1.29, 1.82) is 0 Å². The van der Waals surface area contributed by atoms with Crippen LogP contribution < -0.4 is 5.32 Å². The number of esters is 1. The molecule has 3 N–H and O–H groups in total. The molecule has 0 aliphatic heterocycles. The third-order valence-electron chi connectivity index (χ3n) is 11.0. The van der Waals surface area contributed by atoms with Crippen LogP contribution in [0.2, 0.25) is 0 Å². The van der Waals surface area contributed by atoms with Crippen molar-refractivity contribution in [3.63, 3.8) is 0 Å². The highest BCUT2D eigenvalue weighted by molar-refractivity contribution is 5.77. The Bertz CT molecular complexity index is 873. The van der Waals surface area contributed by atoms with Crippen LogP contribution in [0.3, 0.4) is 0 Å². The Hall–Kier alpha value is -1.66. The highest BCUT2D eigenvalue weighted by atomic mass is 16.5. The predicted octanol–water partition coefficient (Wildman–Crippen LogP) is 14.0. The van der Waals surface area contributed by atoms with Gasteiger partial charge in [0.1, 0.15) is 6.10 Å². The predicted molar refractivity (Wildman–Crippen MR) is 236 cm³/mol. The molecule has 55 heavy (non-hydrogen) atoms. The van der Waals surface area contributed by atoms with Gasteiger partial charge in [0.25, 0.3) is 0 Å². The molecule has 0 radical (unpaired) electrons. The lowest BCUT2D eigenvalue weighted by atomic mass is 10.0. The molecule has 0 aromatic rings. The Kier molecular flexibility index (Phi) is 42.2. The van der Waals surface area contributed by atoms with E-state index in [2.05, 4.69) is 50.4 Å². The summed E-state index contributed by atoms with van der Waals surface area (Å²) in [6.45, 7) is 6.43. The van der Waals surface area contributed by atoms with Crippen LogP contribution in [0, 0.1) is 0 Å². The number of ether oxygens (including phenoxy) is 1. The Morgan fingerprint density at radius 1 is 0.527 bits per heavy atom. The van der Waals surface area contributed by atoms with Crippen molar-refractivity contribution in [1.82, 2.24) is 5.32 Å². The summed E-state index contributed by atoms with van der Waals surface area (Å²) in [7, 11) is 0. The maximum absolute atomic E-state index is 13.1. The monoisotopic (exact) mass is 776 g/mol. The number of aliphatic hydroxyl groups is 2. The van der Waals surface area contributed by atoms with Crippen LogP contribution in [-0.2, 0) is 14.3 Å². The first-order chi connectivity index (χ1) is 27.0. The molecule has 3 atom stereocenters. The number of amides is 1. The van der Waals surface area contributed by atoms with Gasteiger partial charge < -0.3 is 20.3 Å². The Balaban J connectivity index is 4.55. The van der Waals surface area contributed by atoms with Crippen molar-refractivity contribution in [3.05, 3.63) is 24.3 Å². The van der Waals surface area contributed by atoms with Crippen molar-refractivity contribution in [3.8, 4) is 0 Å². The fraction of sp³-hybridized carbons (Fsp3) is 0.878. The lowest BCUT2D eigenvalue weighted by Crippen LogP contribution is -2.46. The topological polar surface area (TPSA) is 95.9 Å². The SMILES string of the molecule is CCCCC/C=C\C/C=C\CCCCCCCCCC(CC(=O)NC(CO)C(O)CCCCCCCCCCCC)OC(=O)CCCCCCCCCCC. The first-order valence-corrected chi connectivity index (χ1v) is 24.1. The molecule has 0 spiro atoms. The molecule has 0 fully saturated rings. The van der Waals surface area contributed by atoms with Gasteiger partial charge in [0.15, 0.2) is 0 Å². The van der Waals surface area contributed by atoms with E-state index in [0.29, 0.717) is 19.3 Å². The number of hydrogen-bond donors (Lipinski definition) is 3. The largest absolute Gasteiger partial charge is 0.462 e. The number of rotatable bonds is 43. The van der Waals surface area contributed by atoms with Crippen LogP contribution in [0.5, 0.6) is 0 Å². The van der Waals surface area contributed by atoms with Crippen LogP contribution >= 0.6 is 0 Å². The molecule has 0 heterocycles. The van der Waals surface area contributed by atoms with Crippen LogP contribution in [-0.4, -0.2) is 46.9 Å². The minimum absolute atomic E-state index is 0.0765. The summed E-state index contributed by atoms with van der Waals surface area (Å²) in [6.07, 6.45) is 48.1. The Morgan fingerprint density at radius 3 is 1.42 bits per heavy atom. The van der Waals surface area contributed by atoms with Gasteiger partial charge in [-0.1, -0.05) is 206 Å². The van der Waals surface area contributed by atoms with E-state index >= 15 is 0 Å². The zero-order valence-corrected chi connectivity index (χ0v) is 36.8. The first-order valence-electron chi connectivity index (χ1n) is 24.1. The molecule has 0 rings (SSSR count). The summed E-state index contributed by atoms with van der Waals surface area (Å²) in [5.74, 6) is -0.475. The van der Waals surface area contributed by atoms with Gasteiger partial charge in [0, 0.05) is 6.42 Å². The third-order valence-corrected chi connectivity index (χ3v) is 11.0. The number of carbonyl (C=O) groups excluding carboxylic acids is 2. The van der Waals surface area contributed by atoms with E-state index < -0.39 is 18.2 Å². The molecular formula is C49H93NO5. The van der Waals surface area contributed by atoms with Gasteiger partial charge >= 0.3 is 5.97 Å². The van der Waals surface area contributed by atoms with Crippen molar-refractivity contribution < 1.29 is 24.5 Å². The van der Waals surface area contributed by atoms with Crippen LogP contribution in [0.4, 0.5) is 0 Å². The smallest absolute Gasteiger partial charge is 0.306 e. The van der Waals surface area contributed by atoms with E-state index in [4.69, 9.17) is 4.74 Å². The fourth-order valence-corrected chi connectivity index (χ4v) is 7.34. The number of nitrogens with one attached hydrogen (secondary N) is 1. The van der Waals surface area contributed by atoms with Crippen molar-refractivity contribution in [2.45, 2.75) is 270 Å². The molecule has 0 saturated carbocycles. The number of carbonyl (C=O) groups is 2. The van der Waals surface area contributed by atoms with Crippen molar-refractivity contribution in [2.75, 3.05) is 6.61 Å². The van der Waals surface area contributed by atoms with Gasteiger partial charge in [0.05, 0.1) is 25.2 Å². The second-order valence-corrected chi connectivity index (χ2v) is 16.5. The van der Waals surface area contributed by atoms with E-state index in [0.717, 1.165) is 70.6 Å². The molecule has 0 aliphatic rings. The van der Waals surface area contributed by atoms with E-state index in [1.54, 1.807) is 0 Å². The fourth-order valence-electron chi connectivity index (χ4n) is 7.34. The first kappa shape index (κ1) is 53.3. The van der Waals surface area contributed by atoms with Crippen LogP contribution in [0.1, 0.15) is 252 Å². The molecule has 0 saturated heterocycles. The number of allylic oxidation sites excluding steroid dienone is 4. The summed E-state index contributed by atoms with van der Waals surface area (Å²) < 4.78 is 5.90. The lowest BCUT2D eigenvalue weighted by Gasteiger charge is -2.24. The molecule has 0 bridgehead atoms. The Labute approximate surface area is 341 Å². The maximum atomic E-state index is 13.1. The zero-order valence-electron chi connectivity index (χ0n) is 36.8. The number of hydrogen-bond acceptors (Lipinski definition) is 5. The molecule has 0 aliphatic carbocycles. The molecule has 6 heteroatoms. The van der Waals surface area contributed by atoms with Gasteiger partial charge in [0.2, 0.25) is 5.91 Å². The summed E-state index contributed by atoms with van der Waals surface area (Å²) in [6, 6.07) is -0.697. The van der Waals surface area contributed by atoms with E-state index in [1.165, 1.54) is 135 Å². The number of aliphatic hydroxyl groups excluding tert-OH is 2.